The van der Waals surface area contributed by atoms with Crippen LogP contribution in [0.2, 0.25) is 10.2 Å². The zero-order valence-corrected chi connectivity index (χ0v) is 19.3. The van der Waals surface area contributed by atoms with Gasteiger partial charge in [-0.15, -0.1) is 0 Å². The van der Waals surface area contributed by atoms with Crippen LogP contribution in [0.25, 0.3) is 10.9 Å². The number of nitrogens with one attached hydrogen (secondary N) is 1. The van der Waals surface area contributed by atoms with Crippen molar-refractivity contribution in [1.82, 2.24) is 24.6 Å². The Kier molecular flexibility index (Phi) is 4.66. The molecule has 0 spiro atoms. The summed E-state index contributed by atoms with van der Waals surface area (Å²) in [5, 5.41) is 9.62. The molecule has 0 aliphatic carbocycles. The number of aryl methyl sites for hydroxylation is 1. The van der Waals surface area contributed by atoms with Gasteiger partial charge in [0.05, 0.1) is 40.5 Å². The highest BCUT2D eigenvalue weighted by Crippen LogP contribution is 2.41. The Hall–Kier alpha value is -2.33. The summed E-state index contributed by atoms with van der Waals surface area (Å²) in [6.45, 7) is 3.52. The van der Waals surface area contributed by atoms with Gasteiger partial charge in [0.1, 0.15) is 10.8 Å². The van der Waals surface area contributed by atoms with Crippen LogP contribution in [0.15, 0.2) is 16.9 Å². The van der Waals surface area contributed by atoms with Crippen molar-refractivity contribution >= 4 is 51.4 Å². The second kappa shape index (κ2) is 7.34. The standard InChI is InChI=1S/C21H23Cl2N7O2/c1-27-20(31)18-14(25-21(27)29-7-11-9-32-10-12(8-29)24-11)5-6-30(18)15-4-3-13-16(17(15)22)19(23)28(2)26-13/h3-4,11-12,24H,5-10H2,1-2H3. The molecule has 2 unspecified atom stereocenters. The molecule has 168 valence electrons. The third-order valence-corrected chi connectivity index (χ3v) is 7.39. The molecule has 2 fully saturated rings. The lowest BCUT2D eigenvalue weighted by Crippen LogP contribution is -2.63. The van der Waals surface area contributed by atoms with E-state index in [-0.39, 0.29) is 17.6 Å². The number of hydrogen-bond donors (Lipinski definition) is 1. The summed E-state index contributed by atoms with van der Waals surface area (Å²) >= 11 is 13.2. The molecule has 9 nitrogen and oxygen atoms in total. The van der Waals surface area contributed by atoms with E-state index in [4.69, 9.17) is 32.9 Å². The van der Waals surface area contributed by atoms with Gasteiger partial charge in [-0.2, -0.15) is 5.10 Å². The van der Waals surface area contributed by atoms with Crippen molar-refractivity contribution in [2.75, 3.05) is 42.6 Å². The van der Waals surface area contributed by atoms with Crippen molar-refractivity contribution in [3.63, 3.8) is 0 Å². The van der Waals surface area contributed by atoms with Gasteiger partial charge in [0.25, 0.3) is 5.56 Å². The van der Waals surface area contributed by atoms with Gasteiger partial charge < -0.3 is 19.9 Å². The van der Waals surface area contributed by atoms with Gasteiger partial charge in [0.2, 0.25) is 5.95 Å². The first-order valence-electron chi connectivity index (χ1n) is 10.7. The molecule has 3 aliphatic heterocycles. The van der Waals surface area contributed by atoms with Gasteiger partial charge in [0.15, 0.2) is 0 Å². The van der Waals surface area contributed by atoms with Crippen LogP contribution < -0.4 is 20.7 Å². The van der Waals surface area contributed by atoms with E-state index in [1.165, 1.54) is 0 Å². The fourth-order valence-corrected chi connectivity index (χ4v) is 5.72. The lowest BCUT2D eigenvalue weighted by molar-refractivity contribution is 0.0371. The molecule has 2 bridgehead atoms. The predicted octanol–water partition coefficient (Wildman–Crippen LogP) is 1.84. The summed E-state index contributed by atoms with van der Waals surface area (Å²) < 4.78 is 8.90. The zero-order chi connectivity index (χ0) is 22.1. The number of hydrogen-bond acceptors (Lipinski definition) is 7. The smallest absolute Gasteiger partial charge is 0.278 e. The normalized spacial score (nSPS) is 22.6. The third-order valence-electron chi connectivity index (χ3n) is 6.57. The largest absolute Gasteiger partial charge is 0.378 e. The summed E-state index contributed by atoms with van der Waals surface area (Å²) in [7, 11) is 3.57. The maximum Gasteiger partial charge on any atom is 0.278 e. The van der Waals surface area contributed by atoms with Crippen molar-refractivity contribution < 1.29 is 4.74 Å². The molecule has 11 heteroatoms. The van der Waals surface area contributed by atoms with Gasteiger partial charge in [-0.25, -0.2) is 4.98 Å². The van der Waals surface area contributed by atoms with Crippen molar-refractivity contribution in [3.05, 3.63) is 38.4 Å². The summed E-state index contributed by atoms with van der Waals surface area (Å²) in [5.41, 5.74) is 2.78. The van der Waals surface area contributed by atoms with Gasteiger partial charge in [-0.1, -0.05) is 23.2 Å². The molecule has 5 heterocycles. The van der Waals surface area contributed by atoms with E-state index in [9.17, 15) is 4.79 Å². The maximum absolute atomic E-state index is 13.5. The molecule has 0 radical (unpaired) electrons. The SMILES string of the molecule is Cn1nc2ccc(N3CCc4nc(N5CC6COCC(C5)N6)n(C)c(=O)c43)c(Cl)c2c1Cl. The molecule has 0 amide bonds. The van der Waals surface area contributed by atoms with Gasteiger partial charge in [-0.05, 0) is 12.1 Å². The predicted molar refractivity (Wildman–Crippen MR) is 125 cm³/mol. The Morgan fingerprint density at radius 2 is 1.91 bits per heavy atom. The highest BCUT2D eigenvalue weighted by Gasteiger charge is 2.35. The molecule has 2 atom stereocenters. The minimum atomic E-state index is -0.0733. The molecular formula is C21H23Cl2N7O2. The summed E-state index contributed by atoms with van der Waals surface area (Å²) in [4.78, 5) is 22.6. The van der Waals surface area contributed by atoms with Crippen LogP contribution in [-0.2, 0) is 25.3 Å². The number of ether oxygens (including phenoxy) is 1. The Morgan fingerprint density at radius 1 is 1.16 bits per heavy atom. The lowest BCUT2D eigenvalue weighted by atomic mass is 10.1. The van der Waals surface area contributed by atoms with E-state index in [2.05, 4.69) is 15.3 Å². The molecule has 32 heavy (non-hydrogen) atoms. The number of halogens is 2. The fraction of sp³-hybridized carbons (Fsp3) is 0.476. The van der Waals surface area contributed by atoms with E-state index in [0.29, 0.717) is 53.4 Å². The molecule has 3 aromatic rings. The molecular weight excluding hydrogens is 453 g/mol. The van der Waals surface area contributed by atoms with E-state index >= 15 is 0 Å². The van der Waals surface area contributed by atoms with Crippen LogP contribution in [-0.4, -0.2) is 64.3 Å². The van der Waals surface area contributed by atoms with Crippen LogP contribution >= 0.6 is 23.2 Å². The Balaban J connectivity index is 1.42. The molecule has 2 saturated heterocycles. The third kappa shape index (κ3) is 2.95. The number of piperazine rings is 1. The van der Waals surface area contributed by atoms with Crippen LogP contribution in [0.5, 0.6) is 0 Å². The van der Waals surface area contributed by atoms with Crippen molar-refractivity contribution in [2.45, 2.75) is 18.5 Å². The second-order valence-electron chi connectivity index (χ2n) is 8.68. The quantitative estimate of drug-likeness (QED) is 0.605. The van der Waals surface area contributed by atoms with Gasteiger partial charge >= 0.3 is 0 Å². The lowest BCUT2D eigenvalue weighted by Gasteiger charge is -2.42. The first-order valence-corrected chi connectivity index (χ1v) is 11.4. The van der Waals surface area contributed by atoms with Crippen LogP contribution in [0, 0.1) is 0 Å². The molecule has 3 aliphatic rings. The van der Waals surface area contributed by atoms with E-state index in [1.54, 1.807) is 23.3 Å². The van der Waals surface area contributed by atoms with Gasteiger partial charge in [0, 0.05) is 52.2 Å². The number of morpholine rings is 1. The fourth-order valence-electron chi connectivity index (χ4n) is 5.09. The first-order chi connectivity index (χ1) is 15.4. The zero-order valence-electron chi connectivity index (χ0n) is 17.8. The Morgan fingerprint density at radius 3 is 2.66 bits per heavy atom. The molecule has 1 aromatic carbocycles. The highest BCUT2D eigenvalue weighted by atomic mass is 35.5. The minimum Gasteiger partial charge on any atom is -0.378 e. The number of rotatable bonds is 2. The molecule has 1 N–H and O–H groups in total. The summed E-state index contributed by atoms with van der Waals surface area (Å²) in [5.74, 6) is 0.714. The summed E-state index contributed by atoms with van der Waals surface area (Å²) in [6.07, 6.45) is 0.676. The number of anilines is 3. The molecule has 6 rings (SSSR count). The molecule has 0 saturated carbocycles. The number of aromatic nitrogens is 4. The Bertz CT molecular complexity index is 1290. The first kappa shape index (κ1) is 20.3. The van der Waals surface area contributed by atoms with E-state index < -0.39 is 0 Å². The minimum absolute atomic E-state index is 0.0733. The highest BCUT2D eigenvalue weighted by molar-refractivity contribution is 6.43. The van der Waals surface area contributed by atoms with Crippen LogP contribution in [0.3, 0.4) is 0 Å². The van der Waals surface area contributed by atoms with E-state index in [1.807, 2.05) is 17.0 Å². The summed E-state index contributed by atoms with van der Waals surface area (Å²) in [6, 6.07) is 4.28. The van der Waals surface area contributed by atoms with Crippen LogP contribution in [0.4, 0.5) is 17.3 Å². The van der Waals surface area contributed by atoms with Crippen molar-refractivity contribution in [1.29, 1.82) is 0 Å². The molecule has 2 aromatic heterocycles. The monoisotopic (exact) mass is 475 g/mol. The van der Waals surface area contributed by atoms with Crippen molar-refractivity contribution in [2.24, 2.45) is 14.1 Å². The average molecular weight is 476 g/mol. The van der Waals surface area contributed by atoms with Crippen LogP contribution in [0.1, 0.15) is 5.69 Å². The second-order valence-corrected chi connectivity index (χ2v) is 9.42. The number of nitrogens with zero attached hydrogens (tertiary/aromatic N) is 6. The van der Waals surface area contributed by atoms with Crippen molar-refractivity contribution in [3.8, 4) is 0 Å². The average Bonchev–Trinajstić information content (AvgIpc) is 3.32. The van der Waals surface area contributed by atoms with E-state index in [0.717, 1.165) is 30.0 Å². The maximum atomic E-state index is 13.5. The number of benzene rings is 1. The van der Waals surface area contributed by atoms with Gasteiger partial charge in [-0.3, -0.25) is 14.0 Å². The topological polar surface area (TPSA) is 80.5 Å². The Labute approximate surface area is 194 Å². The number of fused-ring (bicyclic) bond motifs is 4.